The number of methoxy groups -OCH3 is 1. The fourth-order valence-electron chi connectivity index (χ4n) is 3.20. The van der Waals surface area contributed by atoms with Gasteiger partial charge < -0.3 is 20.7 Å². The zero-order valence-electron chi connectivity index (χ0n) is 17.5. The molecule has 0 aliphatic heterocycles. The summed E-state index contributed by atoms with van der Waals surface area (Å²) in [6.07, 6.45) is 0. The zero-order chi connectivity index (χ0) is 21.7. The van der Waals surface area contributed by atoms with Crippen LogP contribution >= 0.6 is 12.2 Å². The molecular weight excluding hydrogens is 394 g/mol. The van der Waals surface area contributed by atoms with Crippen LogP contribution in [0.1, 0.15) is 27.0 Å². The van der Waals surface area contributed by atoms with Gasteiger partial charge in [0.2, 0.25) is 0 Å². The largest absolute Gasteiger partial charge is 0.495 e. The lowest BCUT2D eigenvalue weighted by Gasteiger charge is -2.15. The molecule has 6 heteroatoms. The monoisotopic (exact) mass is 419 g/mol. The van der Waals surface area contributed by atoms with Crippen molar-refractivity contribution >= 4 is 40.3 Å². The van der Waals surface area contributed by atoms with Gasteiger partial charge in [0.15, 0.2) is 5.11 Å². The second kappa shape index (κ2) is 9.41. The molecule has 0 aromatic heterocycles. The van der Waals surface area contributed by atoms with Crippen LogP contribution in [-0.2, 0) is 0 Å². The molecule has 5 nitrogen and oxygen atoms in total. The molecule has 30 heavy (non-hydrogen) atoms. The van der Waals surface area contributed by atoms with Crippen molar-refractivity contribution in [3.8, 4) is 5.75 Å². The molecule has 0 unspecified atom stereocenters. The Hall–Kier alpha value is -3.38. The Kier molecular flexibility index (Phi) is 6.69. The molecule has 3 rings (SSSR count). The lowest BCUT2D eigenvalue weighted by Crippen LogP contribution is -2.20. The summed E-state index contributed by atoms with van der Waals surface area (Å²) in [4.78, 5) is 12.8. The first kappa shape index (κ1) is 21.3. The fourth-order valence-corrected chi connectivity index (χ4v) is 3.43. The quantitative estimate of drug-likeness (QED) is 0.464. The Morgan fingerprint density at radius 2 is 1.50 bits per heavy atom. The lowest BCUT2D eigenvalue weighted by molar-refractivity contribution is 0.102. The van der Waals surface area contributed by atoms with E-state index in [1.54, 1.807) is 25.3 Å². The van der Waals surface area contributed by atoms with Crippen LogP contribution in [0.25, 0.3) is 0 Å². The van der Waals surface area contributed by atoms with E-state index in [0.717, 1.165) is 28.1 Å². The smallest absolute Gasteiger partial charge is 0.255 e. The van der Waals surface area contributed by atoms with E-state index in [9.17, 15) is 4.79 Å². The van der Waals surface area contributed by atoms with E-state index in [-0.39, 0.29) is 5.91 Å². The van der Waals surface area contributed by atoms with E-state index in [2.05, 4.69) is 22.0 Å². The van der Waals surface area contributed by atoms with Crippen LogP contribution in [0, 0.1) is 20.8 Å². The molecule has 0 atom stereocenters. The molecule has 3 aromatic rings. The van der Waals surface area contributed by atoms with E-state index in [1.165, 1.54) is 0 Å². The minimum Gasteiger partial charge on any atom is -0.495 e. The van der Waals surface area contributed by atoms with Crippen molar-refractivity contribution in [3.05, 3.63) is 82.9 Å². The number of benzene rings is 3. The predicted octanol–water partition coefficient (Wildman–Crippen LogP) is 5.68. The van der Waals surface area contributed by atoms with Gasteiger partial charge in [0.05, 0.1) is 12.8 Å². The predicted molar refractivity (Wildman–Crippen MR) is 128 cm³/mol. The number of carbonyl (C=O) groups excluding carboxylic acids is 1. The minimum absolute atomic E-state index is 0.205. The summed E-state index contributed by atoms with van der Waals surface area (Å²) in [5.41, 5.74) is 6.07. The van der Waals surface area contributed by atoms with Crippen molar-refractivity contribution in [2.45, 2.75) is 20.8 Å². The zero-order valence-corrected chi connectivity index (χ0v) is 18.3. The third kappa shape index (κ3) is 5.58. The molecule has 0 radical (unpaired) electrons. The van der Waals surface area contributed by atoms with Crippen LogP contribution < -0.4 is 20.7 Å². The molecule has 0 aliphatic rings. The van der Waals surface area contributed by atoms with Crippen molar-refractivity contribution in [1.82, 2.24) is 0 Å². The highest BCUT2D eigenvalue weighted by Crippen LogP contribution is 2.26. The number of aryl methyl sites for hydroxylation is 3. The summed E-state index contributed by atoms with van der Waals surface area (Å²) in [6, 6.07) is 19.0. The van der Waals surface area contributed by atoms with Gasteiger partial charge in [-0.3, -0.25) is 4.79 Å². The van der Waals surface area contributed by atoms with Gasteiger partial charge >= 0.3 is 0 Å². The van der Waals surface area contributed by atoms with Crippen LogP contribution in [0.5, 0.6) is 5.75 Å². The van der Waals surface area contributed by atoms with Crippen LogP contribution in [-0.4, -0.2) is 18.1 Å². The topological polar surface area (TPSA) is 62.4 Å². The van der Waals surface area contributed by atoms with Gasteiger partial charge in [0.25, 0.3) is 5.91 Å². The molecule has 0 saturated carbocycles. The van der Waals surface area contributed by atoms with Crippen molar-refractivity contribution in [2.24, 2.45) is 0 Å². The molecule has 1 amide bonds. The second-order valence-electron chi connectivity index (χ2n) is 7.19. The molecule has 0 fully saturated rings. The normalized spacial score (nSPS) is 10.3. The first-order valence-corrected chi connectivity index (χ1v) is 9.97. The van der Waals surface area contributed by atoms with Crippen LogP contribution in [0.2, 0.25) is 0 Å². The van der Waals surface area contributed by atoms with Gasteiger partial charge in [0, 0.05) is 16.9 Å². The van der Waals surface area contributed by atoms with Gasteiger partial charge in [-0.15, -0.1) is 0 Å². The SMILES string of the molecule is COc1ccc(C(=O)Nc2cc(C)cc(C)c2)cc1NC(=S)Nc1cccc(C)c1. The Balaban J connectivity index is 1.77. The molecule has 3 aromatic carbocycles. The molecule has 0 saturated heterocycles. The van der Waals surface area contributed by atoms with Crippen molar-refractivity contribution in [3.63, 3.8) is 0 Å². The van der Waals surface area contributed by atoms with Crippen LogP contribution in [0.15, 0.2) is 60.7 Å². The van der Waals surface area contributed by atoms with E-state index in [4.69, 9.17) is 17.0 Å². The first-order chi connectivity index (χ1) is 14.3. The van der Waals surface area contributed by atoms with Gasteiger partial charge in [-0.25, -0.2) is 0 Å². The number of nitrogens with one attached hydrogen (secondary N) is 3. The first-order valence-electron chi connectivity index (χ1n) is 9.56. The summed E-state index contributed by atoms with van der Waals surface area (Å²) < 4.78 is 5.42. The second-order valence-corrected chi connectivity index (χ2v) is 7.60. The van der Waals surface area contributed by atoms with Gasteiger partial charge in [-0.1, -0.05) is 18.2 Å². The average molecular weight is 420 g/mol. The summed E-state index contributed by atoms with van der Waals surface area (Å²) in [5, 5.41) is 9.63. The van der Waals surface area contributed by atoms with E-state index >= 15 is 0 Å². The highest BCUT2D eigenvalue weighted by atomic mass is 32.1. The van der Waals surface area contributed by atoms with E-state index < -0.39 is 0 Å². The molecular formula is C24H25N3O2S. The number of hydrogen-bond donors (Lipinski definition) is 3. The highest BCUT2D eigenvalue weighted by Gasteiger charge is 2.12. The third-order valence-corrected chi connectivity index (χ3v) is 4.67. The summed E-state index contributed by atoms with van der Waals surface area (Å²) >= 11 is 5.43. The maximum Gasteiger partial charge on any atom is 0.255 e. The van der Waals surface area contributed by atoms with E-state index in [1.807, 2.05) is 57.2 Å². The molecule has 0 bridgehead atoms. The maximum atomic E-state index is 12.8. The highest BCUT2D eigenvalue weighted by molar-refractivity contribution is 7.80. The Morgan fingerprint density at radius 1 is 0.800 bits per heavy atom. The molecule has 0 heterocycles. The summed E-state index contributed by atoms with van der Waals surface area (Å²) in [6.45, 7) is 6.02. The van der Waals surface area contributed by atoms with Gasteiger partial charge in [-0.2, -0.15) is 0 Å². The van der Waals surface area contributed by atoms with E-state index in [0.29, 0.717) is 22.1 Å². The van der Waals surface area contributed by atoms with Crippen molar-refractivity contribution in [1.29, 1.82) is 0 Å². The summed E-state index contributed by atoms with van der Waals surface area (Å²) in [7, 11) is 1.58. The summed E-state index contributed by atoms with van der Waals surface area (Å²) in [5.74, 6) is 0.384. The fraction of sp³-hybridized carbons (Fsp3) is 0.167. The average Bonchev–Trinajstić information content (AvgIpc) is 2.67. The Morgan fingerprint density at radius 3 is 2.17 bits per heavy atom. The van der Waals surface area contributed by atoms with Gasteiger partial charge in [0.1, 0.15) is 5.75 Å². The van der Waals surface area contributed by atoms with Crippen LogP contribution in [0.4, 0.5) is 17.1 Å². The van der Waals surface area contributed by atoms with Gasteiger partial charge in [-0.05, 0) is 92.1 Å². The number of thiocarbonyl (C=S) groups is 1. The number of ether oxygens (including phenoxy) is 1. The Bertz CT molecular complexity index is 1080. The van der Waals surface area contributed by atoms with Crippen molar-refractivity contribution in [2.75, 3.05) is 23.1 Å². The number of hydrogen-bond acceptors (Lipinski definition) is 3. The molecule has 0 aliphatic carbocycles. The van der Waals surface area contributed by atoms with Crippen molar-refractivity contribution < 1.29 is 9.53 Å². The van der Waals surface area contributed by atoms with Crippen LogP contribution in [0.3, 0.4) is 0 Å². The standard InChI is InChI=1S/C24H25N3O2S/c1-15-6-5-7-19(11-15)26-24(30)27-21-14-18(8-9-22(21)29-4)23(28)25-20-12-16(2)10-17(3)13-20/h5-14H,1-4H3,(H,25,28)(H2,26,27,30). The molecule has 154 valence electrons. The maximum absolute atomic E-state index is 12.8. The lowest BCUT2D eigenvalue weighted by atomic mass is 10.1. The number of carbonyl (C=O) groups is 1. The molecule has 3 N–H and O–H groups in total. The number of rotatable bonds is 5. The minimum atomic E-state index is -0.205. The third-order valence-electron chi connectivity index (χ3n) is 4.47. The number of amides is 1. The Labute approximate surface area is 182 Å². The molecule has 0 spiro atoms. The number of anilines is 3.